The van der Waals surface area contributed by atoms with Crippen LogP contribution in [0.4, 0.5) is 5.69 Å². The molecule has 0 radical (unpaired) electrons. The zero-order chi connectivity index (χ0) is 11.8. The molecule has 2 heterocycles. The topological polar surface area (TPSA) is 35.5 Å². The monoisotopic (exact) mass is 232 g/mol. The summed E-state index contributed by atoms with van der Waals surface area (Å²) < 4.78 is 0. The standard InChI is InChI=1S/C14H20N2O/c1-16(13-4-2-3-5-14(13)17)12-8-10-6-7-11(9-12)15-10/h2-5,10-12,15,17H,6-9H2,1H3. The maximum Gasteiger partial charge on any atom is 0.138 e. The summed E-state index contributed by atoms with van der Waals surface area (Å²) >= 11 is 0. The highest BCUT2D eigenvalue weighted by molar-refractivity contribution is 5.57. The quantitative estimate of drug-likeness (QED) is 0.820. The number of benzene rings is 1. The second-order valence-electron chi connectivity index (χ2n) is 5.36. The Kier molecular flexibility index (Phi) is 2.71. The van der Waals surface area contributed by atoms with Crippen molar-refractivity contribution in [1.82, 2.24) is 5.32 Å². The Hall–Kier alpha value is -1.22. The van der Waals surface area contributed by atoms with Crippen LogP contribution in [0.5, 0.6) is 5.75 Å². The third-order valence-corrected chi connectivity index (χ3v) is 4.26. The minimum absolute atomic E-state index is 0.390. The van der Waals surface area contributed by atoms with E-state index in [0.717, 1.165) is 5.69 Å². The predicted octanol–water partition coefficient (Wildman–Crippen LogP) is 2.11. The van der Waals surface area contributed by atoms with Crippen LogP contribution in [-0.4, -0.2) is 30.3 Å². The number of phenolic OH excluding ortho intramolecular Hbond substituents is 1. The van der Waals surface area contributed by atoms with Crippen LogP contribution < -0.4 is 10.2 Å². The molecule has 2 fully saturated rings. The van der Waals surface area contributed by atoms with E-state index in [4.69, 9.17) is 0 Å². The molecule has 1 aromatic carbocycles. The molecule has 2 N–H and O–H groups in total. The summed E-state index contributed by atoms with van der Waals surface area (Å²) in [6.07, 6.45) is 5.02. The van der Waals surface area contributed by atoms with E-state index in [1.54, 1.807) is 6.07 Å². The summed E-state index contributed by atoms with van der Waals surface area (Å²) in [6.45, 7) is 0. The molecule has 17 heavy (non-hydrogen) atoms. The number of rotatable bonds is 2. The lowest BCUT2D eigenvalue weighted by Gasteiger charge is -2.37. The van der Waals surface area contributed by atoms with Gasteiger partial charge in [-0.15, -0.1) is 0 Å². The number of piperidine rings is 1. The Balaban J connectivity index is 1.78. The molecule has 2 aliphatic heterocycles. The lowest BCUT2D eigenvalue weighted by Crippen LogP contribution is -2.47. The van der Waals surface area contributed by atoms with Crippen LogP contribution in [0.3, 0.4) is 0 Å². The number of hydrogen-bond donors (Lipinski definition) is 2. The molecular formula is C14H20N2O. The number of aromatic hydroxyl groups is 1. The van der Waals surface area contributed by atoms with Crippen molar-refractivity contribution >= 4 is 5.69 Å². The van der Waals surface area contributed by atoms with Gasteiger partial charge in [-0.05, 0) is 37.8 Å². The number of phenols is 1. The first-order valence-electron chi connectivity index (χ1n) is 6.51. The fourth-order valence-corrected chi connectivity index (χ4v) is 3.30. The van der Waals surface area contributed by atoms with Gasteiger partial charge in [0.1, 0.15) is 5.75 Å². The van der Waals surface area contributed by atoms with Crippen molar-refractivity contribution < 1.29 is 5.11 Å². The molecule has 0 amide bonds. The molecule has 0 aromatic heterocycles. The first-order valence-corrected chi connectivity index (χ1v) is 6.51. The third kappa shape index (κ3) is 2.00. The fourth-order valence-electron chi connectivity index (χ4n) is 3.30. The zero-order valence-corrected chi connectivity index (χ0v) is 10.3. The smallest absolute Gasteiger partial charge is 0.138 e. The Morgan fingerprint density at radius 1 is 1.18 bits per heavy atom. The number of anilines is 1. The minimum Gasteiger partial charge on any atom is -0.506 e. The van der Waals surface area contributed by atoms with Crippen LogP contribution in [0, 0.1) is 0 Å². The molecule has 3 heteroatoms. The Morgan fingerprint density at radius 3 is 2.47 bits per heavy atom. The van der Waals surface area contributed by atoms with Gasteiger partial charge >= 0.3 is 0 Å². The van der Waals surface area contributed by atoms with E-state index in [9.17, 15) is 5.11 Å². The molecular weight excluding hydrogens is 212 g/mol. The van der Waals surface area contributed by atoms with Crippen molar-refractivity contribution in [3.05, 3.63) is 24.3 Å². The molecule has 3 nitrogen and oxygen atoms in total. The molecule has 2 atom stereocenters. The van der Waals surface area contributed by atoms with Crippen molar-refractivity contribution in [3.8, 4) is 5.75 Å². The van der Waals surface area contributed by atoms with Crippen LogP contribution >= 0.6 is 0 Å². The summed E-state index contributed by atoms with van der Waals surface area (Å²) in [5, 5.41) is 13.6. The van der Waals surface area contributed by atoms with E-state index in [0.29, 0.717) is 23.9 Å². The number of fused-ring (bicyclic) bond motifs is 2. The van der Waals surface area contributed by atoms with Crippen molar-refractivity contribution in [1.29, 1.82) is 0 Å². The van der Waals surface area contributed by atoms with Gasteiger partial charge in [-0.2, -0.15) is 0 Å². The fraction of sp³-hybridized carbons (Fsp3) is 0.571. The molecule has 0 saturated carbocycles. The van der Waals surface area contributed by atoms with Gasteiger partial charge in [0.25, 0.3) is 0 Å². The molecule has 0 aliphatic carbocycles. The van der Waals surface area contributed by atoms with E-state index in [1.807, 2.05) is 18.2 Å². The first kappa shape index (κ1) is 10.9. The molecule has 0 spiro atoms. The zero-order valence-electron chi connectivity index (χ0n) is 10.3. The SMILES string of the molecule is CN(c1ccccc1O)C1CC2CCC(C1)N2. The van der Waals surface area contributed by atoms with Gasteiger partial charge in [0.2, 0.25) is 0 Å². The lowest BCUT2D eigenvalue weighted by atomic mass is 9.98. The van der Waals surface area contributed by atoms with E-state index in [2.05, 4.69) is 17.3 Å². The Labute approximate surface area is 102 Å². The highest BCUT2D eigenvalue weighted by atomic mass is 16.3. The van der Waals surface area contributed by atoms with Crippen LogP contribution in [-0.2, 0) is 0 Å². The Morgan fingerprint density at radius 2 is 1.82 bits per heavy atom. The highest BCUT2D eigenvalue weighted by Gasteiger charge is 2.35. The number of nitrogens with zero attached hydrogens (tertiary/aromatic N) is 1. The predicted molar refractivity (Wildman–Crippen MR) is 69.5 cm³/mol. The lowest BCUT2D eigenvalue weighted by molar-refractivity contribution is 0.352. The summed E-state index contributed by atoms with van der Waals surface area (Å²) in [7, 11) is 2.10. The van der Waals surface area contributed by atoms with Crippen LogP contribution in [0.2, 0.25) is 0 Å². The minimum atomic E-state index is 0.390. The molecule has 92 valence electrons. The number of nitrogens with one attached hydrogen (secondary N) is 1. The van der Waals surface area contributed by atoms with Gasteiger partial charge in [0.15, 0.2) is 0 Å². The van der Waals surface area contributed by atoms with Crippen LogP contribution in [0.1, 0.15) is 25.7 Å². The van der Waals surface area contributed by atoms with Crippen molar-refractivity contribution in [2.24, 2.45) is 0 Å². The molecule has 3 rings (SSSR count). The van der Waals surface area contributed by atoms with Gasteiger partial charge in [-0.25, -0.2) is 0 Å². The number of hydrogen-bond acceptors (Lipinski definition) is 3. The van der Waals surface area contributed by atoms with Gasteiger partial charge in [-0.1, -0.05) is 12.1 Å². The molecule has 2 aliphatic rings. The average molecular weight is 232 g/mol. The number of para-hydroxylation sites is 2. The summed E-state index contributed by atoms with van der Waals surface area (Å²) in [6, 6.07) is 9.56. The van der Waals surface area contributed by atoms with Gasteiger partial charge in [0.05, 0.1) is 5.69 Å². The van der Waals surface area contributed by atoms with E-state index >= 15 is 0 Å². The maximum absolute atomic E-state index is 9.90. The second-order valence-corrected chi connectivity index (χ2v) is 5.36. The average Bonchev–Trinajstić information content (AvgIpc) is 2.68. The molecule has 2 bridgehead atoms. The normalized spacial score (nSPS) is 31.5. The summed E-state index contributed by atoms with van der Waals surface area (Å²) in [4.78, 5) is 2.25. The van der Waals surface area contributed by atoms with Gasteiger partial charge in [0, 0.05) is 25.2 Å². The van der Waals surface area contributed by atoms with Crippen LogP contribution in [0.25, 0.3) is 0 Å². The maximum atomic E-state index is 9.90. The molecule has 1 aromatic rings. The van der Waals surface area contributed by atoms with Crippen LogP contribution in [0.15, 0.2) is 24.3 Å². The van der Waals surface area contributed by atoms with Crippen molar-refractivity contribution in [2.75, 3.05) is 11.9 Å². The molecule has 2 unspecified atom stereocenters. The summed E-state index contributed by atoms with van der Waals surface area (Å²) in [5.41, 5.74) is 0.957. The van der Waals surface area contributed by atoms with E-state index in [-0.39, 0.29) is 0 Å². The largest absolute Gasteiger partial charge is 0.506 e. The van der Waals surface area contributed by atoms with Crippen molar-refractivity contribution in [3.63, 3.8) is 0 Å². The summed E-state index contributed by atoms with van der Waals surface area (Å²) in [5.74, 6) is 0.390. The van der Waals surface area contributed by atoms with Crippen molar-refractivity contribution in [2.45, 2.75) is 43.8 Å². The first-order chi connectivity index (χ1) is 8.24. The second kappa shape index (κ2) is 4.22. The highest BCUT2D eigenvalue weighted by Crippen LogP contribution is 2.34. The van der Waals surface area contributed by atoms with Gasteiger partial charge in [-0.3, -0.25) is 0 Å². The van der Waals surface area contributed by atoms with E-state index in [1.165, 1.54) is 25.7 Å². The third-order valence-electron chi connectivity index (χ3n) is 4.26. The van der Waals surface area contributed by atoms with Gasteiger partial charge < -0.3 is 15.3 Å². The molecule has 2 saturated heterocycles. The van der Waals surface area contributed by atoms with E-state index < -0.39 is 0 Å². The Bertz CT molecular complexity index is 395.